The fourth-order valence-electron chi connectivity index (χ4n) is 5.36. The molecule has 34 heavy (non-hydrogen) atoms. The average Bonchev–Trinajstić information content (AvgIpc) is 3.66. The number of anilines is 1. The van der Waals surface area contributed by atoms with Crippen LogP contribution >= 0.6 is 0 Å². The molecule has 3 aliphatic rings. The zero-order chi connectivity index (χ0) is 23.8. The molecule has 182 valence electrons. The van der Waals surface area contributed by atoms with E-state index in [2.05, 4.69) is 55.4 Å². The number of hydrogen-bond acceptors (Lipinski definition) is 6. The Hall–Kier alpha value is -3.00. The molecule has 1 saturated carbocycles. The quantitative estimate of drug-likeness (QED) is 0.606. The first-order valence-corrected chi connectivity index (χ1v) is 12.3. The van der Waals surface area contributed by atoms with Crippen LogP contribution in [-0.2, 0) is 16.0 Å². The Morgan fingerprint density at radius 1 is 1.15 bits per heavy atom. The van der Waals surface area contributed by atoms with Crippen molar-refractivity contribution in [3.05, 3.63) is 54.4 Å². The largest absolute Gasteiger partial charge is 0.483 e. The van der Waals surface area contributed by atoms with Gasteiger partial charge in [-0.3, -0.25) is 9.59 Å². The van der Waals surface area contributed by atoms with Crippen molar-refractivity contribution >= 4 is 18.3 Å². The zero-order valence-corrected chi connectivity index (χ0v) is 19.7. The fourth-order valence-corrected chi connectivity index (χ4v) is 5.36. The maximum atomic E-state index is 13.6. The van der Waals surface area contributed by atoms with Crippen molar-refractivity contribution in [2.24, 2.45) is 17.3 Å². The van der Waals surface area contributed by atoms with Gasteiger partial charge in [0.15, 0.2) is 0 Å². The summed E-state index contributed by atoms with van der Waals surface area (Å²) in [5.74, 6) is 2.00. The van der Waals surface area contributed by atoms with Gasteiger partial charge in [0.25, 0.3) is 6.47 Å². The van der Waals surface area contributed by atoms with E-state index >= 15 is 0 Å². The third kappa shape index (κ3) is 5.91. The van der Waals surface area contributed by atoms with Gasteiger partial charge in [0.1, 0.15) is 0 Å². The van der Waals surface area contributed by atoms with Crippen LogP contribution < -0.4 is 10.2 Å². The molecule has 3 fully saturated rings. The smallest absolute Gasteiger partial charge is 0.290 e. The molecule has 3 heterocycles. The van der Waals surface area contributed by atoms with Crippen LogP contribution in [0, 0.1) is 17.3 Å². The molecule has 1 amide bonds. The molecule has 2 N–H and O–H groups in total. The molecule has 5 rings (SSSR count). The zero-order valence-electron chi connectivity index (χ0n) is 19.7. The second-order valence-electron chi connectivity index (χ2n) is 9.68. The Balaban J connectivity index is 0.000000868. The minimum Gasteiger partial charge on any atom is -0.483 e. The van der Waals surface area contributed by atoms with E-state index in [1.807, 2.05) is 6.07 Å². The fraction of sp³-hybridized carbons (Fsp3) is 0.538. The predicted molar refractivity (Wildman–Crippen MR) is 130 cm³/mol. The summed E-state index contributed by atoms with van der Waals surface area (Å²) in [4.78, 5) is 35.7. The summed E-state index contributed by atoms with van der Waals surface area (Å²) in [6.07, 6.45) is 9.16. The lowest BCUT2D eigenvalue weighted by atomic mass is 9.74. The molecule has 8 nitrogen and oxygen atoms in total. The molecule has 1 aromatic carbocycles. The van der Waals surface area contributed by atoms with E-state index in [1.54, 1.807) is 12.4 Å². The predicted octanol–water partition coefficient (Wildman–Crippen LogP) is 2.46. The maximum Gasteiger partial charge on any atom is 0.290 e. The van der Waals surface area contributed by atoms with Gasteiger partial charge in [0.2, 0.25) is 11.9 Å². The molecule has 0 radical (unpaired) electrons. The SMILES string of the molecule is O=C(NCC1CC1)[C@@]12CCCN(CCc3ccccc3)C[C@H]1CN(c1ncccn1)C2.O=CO. The van der Waals surface area contributed by atoms with Crippen LogP contribution in [0.5, 0.6) is 0 Å². The maximum absolute atomic E-state index is 13.6. The Labute approximate surface area is 201 Å². The summed E-state index contributed by atoms with van der Waals surface area (Å²) in [7, 11) is 0. The number of benzene rings is 1. The number of carbonyl (C=O) groups excluding carboxylic acids is 1. The summed E-state index contributed by atoms with van der Waals surface area (Å²) >= 11 is 0. The summed E-state index contributed by atoms with van der Waals surface area (Å²) < 4.78 is 0. The van der Waals surface area contributed by atoms with Crippen molar-refractivity contribution in [3.63, 3.8) is 0 Å². The van der Waals surface area contributed by atoms with Crippen molar-refractivity contribution in [1.29, 1.82) is 0 Å². The van der Waals surface area contributed by atoms with E-state index in [-0.39, 0.29) is 17.8 Å². The molecular formula is C26H35N5O3. The Morgan fingerprint density at radius 3 is 2.59 bits per heavy atom. The summed E-state index contributed by atoms with van der Waals surface area (Å²) in [6.45, 7) is 5.25. The van der Waals surface area contributed by atoms with Crippen molar-refractivity contribution in [2.45, 2.75) is 32.1 Å². The van der Waals surface area contributed by atoms with Crippen molar-refractivity contribution in [3.8, 4) is 0 Å². The van der Waals surface area contributed by atoms with E-state index in [0.717, 1.165) is 64.5 Å². The second-order valence-corrected chi connectivity index (χ2v) is 9.68. The number of aromatic nitrogens is 2. The van der Waals surface area contributed by atoms with E-state index in [9.17, 15) is 4.79 Å². The topological polar surface area (TPSA) is 98.7 Å². The number of nitrogens with zero attached hydrogens (tertiary/aromatic N) is 4. The van der Waals surface area contributed by atoms with Crippen LogP contribution in [0.3, 0.4) is 0 Å². The Bertz CT molecular complexity index is 925. The second kappa shape index (κ2) is 11.4. The van der Waals surface area contributed by atoms with E-state index < -0.39 is 0 Å². The molecule has 2 atom stereocenters. The highest BCUT2D eigenvalue weighted by molar-refractivity contribution is 5.84. The molecular weight excluding hydrogens is 430 g/mol. The van der Waals surface area contributed by atoms with Gasteiger partial charge in [-0.1, -0.05) is 30.3 Å². The van der Waals surface area contributed by atoms with Crippen molar-refractivity contribution < 1.29 is 14.7 Å². The van der Waals surface area contributed by atoms with Crippen LogP contribution in [0.15, 0.2) is 48.8 Å². The standard InChI is InChI=1S/C25H33N5O.CH2O2/c31-23(28-16-21-8-9-21)25-11-4-14-29(15-10-20-6-2-1-3-7-20)17-22(25)18-30(19-25)24-26-12-5-13-27-24;2-1-3/h1-3,5-7,12-13,21-22H,4,8-11,14-19H2,(H,28,31);1H,(H,2,3)/t22-,25+;/m0./s1. The lowest BCUT2D eigenvalue weighted by Crippen LogP contribution is -2.48. The van der Waals surface area contributed by atoms with Gasteiger partial charge < -0.3 is 20.2 Å². The third-order valence-corrected chi connectivity index (χ3v) is 7.37. The van der Waals surface area contributed by atoms with E-state index in [0.29, 0.717) is 11.8 Å². The number of carbonyl (C=O) groups is 2. The number of carboxylic acid groups (broad SMARTS) is 1. The molecule has 1 aromatic heterocycles. The van der Waals surface area contributed by atoms with Gasteiger partial charge in [-0.25, -0.2) is 9.97 Å². The third-order valence-electron chi connectivity index (χ3n) is 7.37. The average molecular weight is 466 g/mol. The highest BCUT2D eigenvalue weighted by Gasteiger charge is 2.53. The van der Waals surface area contributed by atoms with Crippen LogP contribution in [0.2, 0.25) is 0 Å². The van der Waals surface area contributed by atoms with Gasteiger partial charge in [0, 0.05) is 51.0 Å². The summed E-state index contributed by atoms with van der Waals surface area (Å²) in [5.41, 5.74) is 1.04. The van der Waals surface area contributed by atoms with Crippen molar-refractivity contribution in [2.75, 3.05) is 44.2 Å². The minimum absolute atomic E-state index is 0.250. The first-order valence-electron chi connectivity index (χ1n) is 12.3. The number of nitrogens with one attached hydrogen (secondary N) is 1. The van der Waals surface area contributed by atoms with Gasteiger partial charge in [-0.2, -0.15) is 0 Å². The summed E-state index contributed by atoms with van der Waals surface area (Å²) in [5, 5.41) is 10.2. The monoisotopic (exact) mass is 465 g/mol. The van der Waals surface area contributed by atoms with Gasteiger partial charge in [-0.05, 0) is 56.2 Å². The lowest BCUT2D eigenvalue weighted by Gasteiger charge is -2.32. The Kier molecular flexibility index (Phi) is 8.11. The molecule has 0 bridgehead atoms. The van der Waals surface area contributed by atoms with Gasteiger partial charge in [0.05, 0.1) is 5.41 Å². The van der Waals surface area contributed by atoms with Gasteiger partial charge >= 0.3 is 0 Å². The highest BCUT2D eigenvalue weighted by atomic mass is 16.3. The first kappa shape index (κ1) is 24.1. The molecule has 8 heteroatoms. The molecule has 0 unspecified atom stereocenters. The first-order chi connectivity index (χ1) is 16.6. The number of rotatable bonds is 7. The molecule has 0 spiro atoms. The normalized spacial score (nSPS) is 24.4. The van der Waals surface area contributed by atoms with E-state index in [1.165, 1.54) is 18.4 Å². The molecule has 2 saturated heterocycles. The molecule has 2 aliphatic heterocycles. The molecule has 1 aliphatic carbocycles. The van der Waals surface area contributed by atoms with Crippen LogP contribution in [0.25, 0.3) is 0 Å². The number of hydrogen-bond donors (Lipinski definition) is 2. The number of fused-ring (bicyclic) bond motifs is 1. The minimum atomic E-state index is -0.338. The summed E-state index contributed by atoms with van der Waals surface area (Å²) in [6, 6.07) is 12.6. The Morgan fingerprint density at radius 2 is 1.88 bits per heavy atom. The molecule has 2 aromatic rings. The number of likely N-dealkylation sites (tertiary alicyclic amines) is 1. The van der Waals surface area contributed by atoms with Crippen LogP contribution in [0.4, 0.5) is 5.95 Å². The van der Waals surface area contributed by atoms with Crippen LogP contribution in [-0.4, -0.2) is 71.6 Å². The lowest BCUT2D eigenvalue weighted by molar-refractivity contribution is -0.132. The van der Waals surface area contributed by atoms with Gasteiger partial charge in [-0.15, -0.1) is 0 Å². The van der Waals surface area contributed by atoms with Crippen molar-refractivity contribution in [1.82, 2.24) is 20.2 Å². The number of amides is 1. The van der Waals surface area contributed by atoms with E-state index in [4.69, 9.17) is 9.90 Å². The van der Waals surface area contributed by atoms with Crippen LogP contribution in [0.1, 0.15) is 31.2 Å². The highest BCUT2D eigenvalue weighted by Crippen LogP contribution is 2.44.